The summed E-state index contributed by atoms with van der Waals surface area (Å²) in [6.07, 6.45) is 10.3. The Labute approximate surface area is 207 Å². The molecule has 3 heterocycles. The number of hydrogen-bond acceptors (Lipinski definition) is 6. The molecule has 184 valence electrons. The molecule has 11 nitrogen and oxygen atoms in total. The second kappa shape index (κ2) is 7.64. The molecule has 0 aliphatic heterocycles. The van der Waals surface area contributed by atoms with Crippen LogP contribution in [0.3, 0.4) is 0 Å². The highest BCUT2D eigenvalue weighted by Gasteiger charge is 2.61. The van der Waals surface area contributed by atoms with E-state index in [0.717, 1.165) is 37.8 Å². The van der Waals surface area contributed by atoms with Gasteiger partial charge in [0.15, 0.2) is 0 Å². The molecule has 3 aromatic rings. The molecule has 4 aliphatic rings. The fraction of sp³-hybridized carbons (Fsp3) is 0.565. The van der Waals surface area contributed by atoms with Gasteiger partial charge in [-0.15, -0.1) is 5.10 Å². The van der Waals surface area contributed by atoms with Crippen molar-refractivity contribution in [3.8, 4) is 0 Å². The van der Waals surface area contributed by atoms with Crippen LogP contribution in [0.4, 0.5) is 11.4 Å². The standard InChI is InChI=1S/C23H28ClN9O2/c1-13-16(9-26-31(13)2)28-19(34)18-17(10-27-32(18)3)29-20(35)22-5-14-4-15(6-22)8-23(7-14,11-22)33-12-25-21(24)30-33/h9-10,12,14-15H,4-8,11H2,1-3H3,(H,28,34)(H,29,35). The summed E-state index contributed by atoms with van der Waals surface area (Å²) in [6, 6.07) is 0. The van der Waals surface area contributed by atoms with E-state index in [9.17, 15) is 9.59 Å². The third kappa shape index (κ3) is 3.47. The summed E-state index contributed by atoms with van der Waals surface area (Å²) in [4.78, 5) is 31.2. The lowest BCUT2D eigenvalue weighted by molar-refractivity contribution is -0.150. The zero-order valence-corrected chi connectivity index (χ0v) is 20.7. The summed E-state index contributed by atoms with van der Waals surface area (Å²) in [7, 11) is 3.50. The number of aryl methyl sites for hydroxylation is 2. The first kappa shape index (κ1) is 22.3. The number of nitrogens with zero attached hydrogens (tertiary/aromatic N) is 7. The summed E-state index contributed by atoms with van der Waals surface area (Å²) >= 11 is 6.05. The van der Waals surface area contributed by atoms with Crippen molar-refractivity contribution >= 4 is 34.8 Å². The first-order valence-corrected chi connectivity index (χ1v) is 12.3. The van der Waals surface area contributed by atoms with Crippen molar-refractivity contribution in [2.75, 3.05) is 10.6 Å². The highest BCUT2D eigenvalue weighted by Crippen LogP contribution is 2.64. The molecule has 3 aromatic heterocycles. The lowest BCUT2D eigenvalue weighted by Gasteiger charge is -2.60. The summed E-state index contributed by atoms with van der Waals surface area (Å²) in [5.41, 5.74) is 1.39. The van der Waals surface area contributed by atoms with Crippen LogP contribution in [0.1, 0.15) is 54.7 Å². The zero-order chi connectivity index (χ0) is 24.5. The number of carbonyl (C=O) groups excluding carboxylic acids is 2. The molecule has 2 unspecified atom stereocenters. The molecule has 0 aromatic carbocycles. The van der Waals surface area contributed by atoms with Gasteiger partial charge in [-0.1, -0.05) is 0 Å². The Kier molecular flexibility index (Phi) is 4.86. The Balaban J connectivity index is 1.27. The maximum Gasteiger partial charge on any atom is 0.276 e. The van der Waals surface area contributed by atoms with Crippen LogP contribution in [0.5, 0.6) is 0 Å². The van der Waals surface area contributed by atoms with E-state index in [0.29, 0.717) is 35.3 Å². The van der Waals surface area contributed by atoms with E-state index in [-0.39, 0.29) is 22.6 Å². The second-order valence-corrected chi connectivity index (χ2v) is 11.0. The normalized spacial score (nSPS) is 28.9. The van der Waals surface area contributed by atoms with Gasteiger partial charge in [0.25, 0.3) is 5.91 Å². The Morgan fingerprint density at radius 1 is 1.03 bits per heavy atom. The third-order valence-corrected chi connectivity index (χ3v) is 8.52. The molecule has 7 rings (SSSR count). The van der Waals surface area contributed by atoms with E-state index >= 15 is 0 Å². The van der Waals surface area contributed by atoms with Crippen LogP contribution in [0.15, 0.2) is 18.7 Å². The third-order valence-electron chi connectivity index (χ3n) is 8.35. The Hall–Kier alpha value is -3.21. The van der Waals surface area contributed by atoms with Crippen molar-refractivity contribution in [1.82, 2.24) is 34.3 Å². The van der Waals surface area contributed by atoms with Crippen molar-refractivity contribution in [3.63, 3.8) is 0 Å². The largest absolute Gasteiger partial charge is 0.322 e. The van der Waals surface area contributed by atoms with Crippen LogP contribution in [0.25, 0.3) is 0 Å². The van der Waals surface area contributed by atoms with Gasteiger partial charge in [-0.05, 0) is 68.9 Å². The van der Waals surface area contributed by atoms with Crippen LogP contribution in [0, 0.1) is 24.2 Å². The zero-order valence-electron chi connectivity index (χ0n) is 20.0. The molecule has 2 atom stereocenters. The second-order valence-electron chi connectivity index (χ2n) is 10.6. The molecule has 4 aliphatic carbocycles. The molecule has 0 radical (unpaired) electrons. The van der Waals surface area contributed by atoms with Gasteiger partial charge in [0.2, 0.25) is 11.2 Å². The molecule has 2 amide bonds. The number of amides is 2. The topological polar surface area (TPSA) is 125 Å². The highest BCUT2D eigenvalue weighted by atomic mass is 35.5. The van der Waals surface area contributed by atoms with Crippen molar-refractivity contribution in [3.05, 3.63) is 35.4 Å². The number of carbonyl (C=O) groups is 2. The first-order valence-electron chi connectivity index (χ1n) is 11.9. The van der Waals surface area contributed by atoms with Crippen molar-refractivity contribution < 1.29 is 9.59 Å². The molecular weight excluding hydrogens is 470 g/mol. The molecule has 4 fully saturated rings. The lowest BCUT2D eigenvalue weighted by Crippen LogP contribution is -2.60. The van der Waals surface area contributed by atoms with Crippen molar-refractivity contribution in [2.24, 2.45) is 31.3 Å². The van der Waals surface area contributed by atoms with Gasteiger partial charge in [0, 0.05) is 14.1 Å². The fourth-order valence-corrected chi connectivity index (χ4v) is 7.20. The number of anilines is 2. The molecule has 4 bridgehead atoms. The smallest absolute Gasteiger partial charge is 0.276 e. The van der Waals surface area contributed by atoms with Crippen LogP contribution in [-0.4, -0.2) is 46.1 Å². The number of aromatic nitrogens is 7. The first-order chi connectivity index (χ1) is 16.7. The van der Waals surface area contributed by atoms with Gasteiger partial charge in [0.1, 0.15) is 12.0 Å². The van der Waals surface area contributed by atoms with Crippen molar-refractivity contribution in [1.29, 1.82) is 0 Å². The van der Waals surface area contributed by atoms with Gasteiger partial charge in [0.05, 0.1) is 40.4 Å². The minimum Gasteiger partial charge on any atom is -0.322 e. The average Bonchev–Trinajstić information content (AvgIpc) is 3.48. The monoisotopic (exact) mass is 497 g/mol. The molecule has 35 heavy (non-hydrogen) atoms. The van der Waals surface area contributed by atoms with Gasteiger partial charge >= 0.3 is 0 Å². The maximum absolute atomic E-state index is 13.9. The van der Waals surface area contributed by atoms with Gasteiger partial charge in [-0.25, -0.2) is 9.67 Å². The molecule has 0 spiro atoms. The molecule has 12 heteroatoms. The summed E-state index contributed by atoms with van der Waals surface area (Å²) in [5, 5.41) is 19.0. The number of rotatable bonds is 5. The Morgan fingerprint density at radius 3 is 2.34 bits per heavy atom. The van der Waals surface area contributed by atoms with Crippen LogP contribution in [-0.2, 0) is 24.4 Å². The number of nitrogens with one attached hydrogen (secondary N) is 2. The summed E-state index contributed by atoms with van der Waals surface area (Å²) < 4.78 is 5.07. The van der Waals surface area contributed by atoms with Gasteiger partial charge in [-0.2, -0.15) is 10.2 Å². The highest BCUT2D eigenvalue weighted by molar-refractivity contribution is 6.28. The lowest BCUT2D eigenvalue weighted by atomic mass is 9.46. The predicted octanol–water partition coefficient (Wildman–Crippen LogP) is 2.89. The summed E-state index contributed by atoms with van der Waals surface area (Å²) in [5.74, 6) is 0.503. The summed E-state index contributed by atoms with van der Waals surface area (Å²) in [6.45, 7) is 1.87. The van der Waals surface area contributed by atoms with Crippen molar-refractivity contribution in [2.45, 2.75) is 51.0 Å². The fourth-order valence-electron chi connectivity index (χ4n) is 7.08. The molecule has 4 saturated carbocycles. The van der Waals surface area contributed by atoms with E-state index in [1.165, 1.54) is 10.9 Å². The van der Waals surface area contributed by atoms with E-state index in [4.69, 9.17) is 11.6 Å². The minimum absolute atomic E-state index is 0.0539. The Morgan fingerprint density at radius 2 is 1.71 bits per heavy atom. The van der Waals surface area contributed by atoms with Crippen LogP contribution < -0.4 is 10.6 Å². The Bertz CT molecular complexity index is 1320. The predicted molar refractivity (Wildman–Crippen MR) is 128 cm³/mol. The SMILES string of the molecule is Cc1c(NC(=O)c2c(NC(=O)C34CC5CC(C3)CC(n3cnc(Cl)n3)(C5)C4)cnn2C)cnn1C. The number of halogens is 1. The minimum atomic E-state index is -0.522. The van der Waals surface area contributed by atoms with E-state index in [1.807, 2.05) is 18.7 Å². The average molecular weight is 498 g/mol. The molecule has 2 N–H and O–H groups in total. The van der Waals surface area contributed by atoms with E-state index in [1.54, 1.807) is 24.3 Å². The van der Waals surface area contributed by atoms with Crippen LogP contribution >= 0.6 is 11.6 Å². The number of hydrogen-bond donors (Lipinski definition) is 2. The van der Waals surface area contributed by atoms with Gasteiger partial charge < -0.3 is 10.6 Å². The van der Waals surface area contributed by atoms with Crippen LogP contribution in [0.2, 0.25) is 5.28 Å². The van der Waals surface area contributed by atoms with E-state index in [2.05, 4.69) is 30.9 Å². The van der Waals surface area contributed by atoms with Gasteiger partial charge in [-0.3, -0.25) is 19.0 Å². The maximum atomic E-state index is 13.9. The van der Waals surface area contributed by atoms with E-state index < -0.39 is 5.41 Å². The molecule has 0 saturated heterocycles. The molecular formula is C23H28ClN9O2. The quantitative estimate of drug-likeness (QED) is 0.558.